The van der Waals surface area contributed by atoms with Crippen LogP contribution in [0.15, 0.2) is 0 Å². The van der Waals surface area contributed by atoms with Crippen LogP contribution in [0.1, 0.15) is 32.1 Å². The molecule has 0 amide bonds. The number of piperidine rings is 1. The van der Waals surface area contributed by atoms with Crippen LogP contribution in [-0.2, 0) is 0 Å². The standard InChI is InChI=1S/C10H16F3NO/c11-10(12,13)3-4-14-7-1-2-8(14)6-9(15)5-7/h7-9,15H,1-6H2. The summed E-state index contributed by atoms with van der Waals surface area (Å²) in [7, 11) is 0. The molecule has 0 aromatic heterocycles. The molecule has 2 heterocycles. The highest BCUT2D eigenvalue weighted by Crippen LogP contribution is 2.36. The first-order valence-corrected chi connectivity index (χ1v) is 5.46. The van der Waals surface area contributed by atoms with E-state index in [1.165, 1.54) is 0 Å². The highest BCUT2D eigenvalue weighted by molar-refractivity contribution is 4.95. The lowest BCUT2D eigenvalue weighted by Crippen LogP contribution is -2.45. The third-order valence-electron chi connectivity index (χ3n) is 3.51. The minimum atomic E-state index is -4.06. The molecule has 2 aliphatic rings. The summed E-state index contributed by atoms with van der Waals surface area (Å²) in [6.07, 6.45) is -1.90. The van der Waals surface area contributed by atoms with Crippen molar-refractivity contribution in [1.82, 2.24) is 4.90 Å². The van der Waals surface area contributed by atoms with Crippen LogP contribution in [-0.4, -0.2) is 40.9 Å². The van der Waals surface area contributed by atoms with Gasteiger partial charge in [0.25, 0.3) is 0 Å². The van der Waals surface area contributed by atoms with Crippen molar-refractivity contribution in [2.45, 2.75) is 56.5 Å². The molecule has 5 heteroatoms. The molecule has 0 radical (unpaired) electrons. The third-order valence-corrected chi connectivity index (χ3v) is 3.51. The number of rotatable bonds is 2. The van der Waals surface area contributed by atoms with Gasteiger partial charge in [-0.25, -0.2) is 0 Å². The van der Waals surface area contributed by atoms with Gasteiger partial charge in [0.05, 0.1) is 12.5 Å². The molecule has 2 nitrogen and oxygen atoms in total. The summed E-state index contributed by atoms with van der Waals surface area (Å²) in [5.74, 6) is 0. The molecule has 88 valence electrons. The van der Waals surface area contributed by atoms with Crippen molar-refractivity contribution >= 4 is 0 Å². The summed E-state index contributed by atoms with van der Waals surface area (Å²) in [4.78, 5) is 1.94. The van der Waals surface area contributed by atoms with Gasteiger partial charge >= 0.3 is 6.18 Å². The molecule has 0 aromatic carbocycles. The molecule has 2 saturated heterocycles. The van der Waals surface area contributed by atoms with Gasteiger partial charge in [0, 0.05) is 18.6 Å². The number of nitrogens with zero attached hydrogens (tertiary/aromatic N) is 1. The summed E-state index contributed by atoms with van der Waals surface area (Å²) in [6.45, 7) is 0.103. The number of halogens is 3. The van der Waals surface area contributed by atoms with Crippen molar-refractivity contribution in [3.63, 3.8) is 0 Å². The van der Waals surface area contributed by atoms with Gasteiger partial charge in [-0.3, -0.25) is 4.90 Å². The Morgan fingerprint density at radius 3 is 2.13 bits per heavy atom. The lowest BCUT2D eigenvalue weighted by Gasteiger charge is -2.37. The minimum Gasteiger partial charge on any atom is -0.393 e. The second-order valence-corrected chi connectivity index (χ2v) is 4.61. The number of fused-ring (bicyclic) bond motifs is 2. The maximum Gasteiger partial charge on any atom is 0.390 e. The van der Waals surface area contributed by atoms with E-state index in [1.807, 2.05) is 4.90 Å². The van der Waals surface area contributed by atoms with Crippen molar-refractivity contribution in [3.8, 4) is 0 Å². The van der Waals surface area contributed by atoms with Crippen LogP contribution in [0.5, 0.6) is 0 Å². The van der Waals surface area contributed by atoms with Crippen LogP contribution in [0.3, 0.4) is 0 Å². The molecule has 15 heavy (non-hydrogen) atoms. The van der Waals surface area contributed by atoms with Crippen LogP contribution in [0.2, 0.25) is 0 Å². The summed E-state index contributed by atoms with van der Waals surface area (Å²) < 4.78 is 36.3. The summed E-state index contributed by atoms with van der Waals surface area (Å²) in [5, 5.41) is 9.49. The van der Waals surface area contributed by atoms with Crippen molar-refractivity contribution in [2.24, 2.45) is 0 Å². The number of hydrogen-bond acceptors (Lipinski definition) is 2. The van der Waals surface area contributed by atoms with Crippen LogP contribution in [0, 0.1) is 0 Å². The fourth-order valence-electron chi connectivity index (χ4n) is 2.87. The molecule has 2 atom stereocenters. The van der Waals surface area contributed by atoms with Gasteiger partial charge in [-0.2, -0.15) is 13.2 Å². The Balaban J connectivity index is 1.89. The molecule has 0 spiro atoms. The lowest BCUT2D eigenvalue weighted by atomic mass is 10.00. The van der Waals surface area contributed by atoms with Gasteiger partial charge < -0.3 is 5.11 Å². The van der Waals surface area contributed by atoms with E-state index < -0.39 is 12.6 Å². The minimum absolute atomic E-state index is 0.103. The molecular weight excluding hydrogens is 207 g/mol. The first-order valence-electron chi connectivity index (χ1n) is 5.46. The molecule has 2 fully saturated rings. The van der Waals surface area contributed by atoms with Crippen LogP contribution < -0.4 is 0 Å². The smallest absolute Gasteiger partial charge is 0.390 e. The highest BCUT2D eigenvalue weighted by atomic mass is 19.4. The topological polar surface area (TPSA) is 23.5 Å². The fourth-order valence-corrected chi connectivity index (χ4v) is 2.87. The van der Waals surface area contributed by atoms with Gasteiger partial charge in [-0.1, -0.05) is 0 Å². The van der Waals surface area contributed by atoms with E-state index in [0.717, 1.165) is 12.8 Å². The normalized spacial score (nSPS) is 37.2. The first-order chi connectivity index (χ1) is 6.96. The Bertz CT molecular complexity index is 217. The predicted molar refractivity (Wildman–Crippen MR) is 49.4 cm³/mol. The van der Waals surface area contributed by atoms with Crippen LogP contribution in [0.4, 0.5) is 13.2 Å². The molecule has 0 saturated carbocycles. The lowest BCUT2D eigenvalue weighted by molar-refractivity contribution is -0.141. The molecule has 0 aromatic rings. The third kappa shape index (κ3) is 2.64. The SMILES string of the molecule is OC1CC2CCC(C1)N2CCC(F)(F)F. The van der Waals surface area contributed by atoms with Crippen molar-refractivity contribution < 1.29 is 18.3 Å². The van der Waals surface area contributed by atoms with Crippen LogP contribution in [0.25, 0.3) is 0 Å². The van der Waals surface area contributed by atoms with E-state index >= 15 is 0 Å². The molecule has 2 bridgehead atoms. The van der Waals surface area contributed by atoms with Crippen molar-refractivity contribution in [1.29, 1.82) is 0 Å². The van der Waals surface area contributed by atoms with E-state index in [0.29, 0.717) is 12.8 Å². The molecule has 2 rings (SSSR count). The maximum absolute atomic E-state index is 12.1. The number of hydrogen-bond donors (Lipinski definition) is 1. The van der Waals surface area contributed by atoms with Gasteiger partial charge in [0.1, 0.15) is 0 Å². The van der Waals surface area contributed by atoms with E-state index in [9.17, 15) is 18.3 Å². The van der Waals surface area contributed by atoms with E-state index in [2.05, 4.69) is 0 Å². The van der Waals surface area contributed by atoms with Gasteiger partial charge in [0.15, 0.2) is 0 Å². The Morgan fingerprint density at radius 2 is 1.67 bits per heavy atom. The second-order valence-electron chi connectivity index (χ2n) is 4.61. The molecule has 2 unspecified atom stereocenters. The molecular formula is C10H16F3NO. The van der Waals surface area contributed by atoms with E-state index in [-0.39, 0.29) is 24.7 Å². The second kappa shape index (κ2) is 3.94. The van der Waals surface area contributed by atoms with E-state index in [4.69, 9.17) is 0 Å². The molecule has 0 aliphatic carbocycles. The number of alkyl halides is 3. The number of aliphatic hydroxyl groups is 1. The summed E-state index contributed by atoms with van der Waals surface area (Å²) in [5.41, 5.74) is 0. The van der Waals surface area contributed by atoms with Crippen LogP contribution >= 0.6 is 0 Å². The molecule has 2 aliphatic heterocycles. The Hall–Kier alpha value is -0.290. The first kappa shape index (κ1) is 11.2. The average molecular weight is 223 g/mol. The largest absolute Gasteiger partial charge is 0.393 e. The fraction of sp³-hybridized carbons (Fsp3) is 1.00. The summed E-state index contributed by atoms with van der Waals surface area (Å²) >= 11 is 0. The number of aliphatic hydroxyl groups excluding tert-OH is 1. The Morgan fingerprint density at radius 1 is 1.13 bits per heavy atom. The Kier molecular flexibility index (Phi) is 2.94. The van der Waals surface area contributed by atoms with Gasteiger partial charge in [0.2, 0.25) is 0 Å². The maximum atomic E-state index is 12.1. The summed E-state index contributed by atoms with van der Waals surface area (Å²) in [6, 6.07) is 0.363. The van der Waals surface area contributed by atoms with Crippen molar-refractivity contribution in [3.05, 3.63) is 0 Å². The Labute approximate surface area is 87.1 Å². The van der Waals surface area contributed by atoms with E-state index in [1.54, 1.807) is 0 Å². The monoisotopic (exact) mass is 223 g/mol. The predicted octanol–water partition coefficient (Wildman–Crippen LogP) is 1.93. The van der Waals surface area contributed by atoms with Crippen molar-refractivity contribution in [2.75, 3.05) is 6.54 Å². The van der Waals surface area contributed by atoms with Gasteiger partial charge in [-0.15, -0.1) is 0 Å². The average Bonchev–Trinajstić information content (AvgIpc) is 2.33. The zero-order chi connectivity index (χ0) is 11.1. The zero-order valence-electron chi connectivity index (χ0n) is 8.50. The zero-order valence-corrected chi connectivity index (χ0v) is 8.50. The quantitative estimate of drug-likeness (QED) is 0.773. The molecule has 1 N–H and O–H groups in total. The highest BCUT2D eigenvalue weighted by Gasteiger charge is 2.41. The van der Waals surface area contributed by atoms with Gasteiger partial charge in [-0.05, 0) is 25.7 Å².